The molecule has 1 atom stereocenters. The topological polar surface area (TPSA) is 26.8 Å². The zero-order chi connectivity index (χ0) is 13.4. The van der Waals surface area contributed by atoms with Crippen LogP contribution >= 0.6 is 0 Å². The summed E-state index contributed by atoms with van der Waals surface area (Å²) >= 11 is 0. The summed E-state index contributed by atoms with van der Waals surface area (Å²) in [4.78, 5) is 17.9. The van der Waals surface area contributed by atoms with Gasteiger partial charge < -0.3 is 9.80 Å². The van der Waals surface area contributed by atoms with E-state index in [-0.39, 0.29) is 11.8 Å². The molecule has 19 heavy (non-hydrogen) atoms. The van der Waals surface area contributed by atoms with Crippen molar-refractivity contribution >= 4 is 6.03 Å². The second-order valence-corrected chi connectivity index (χ2v) is 5.37. The highest BCUT2D eigenvalue weighted by Gasteiger charge is 2.38. The highest BCUT2D eigenvalue weighted by molar-refractivity contribution is 5.77. The van der Waals surface area contributed by atoms with Gasteiger partial charge >= 0.3 is 6.03 Å². The van der Waals surface area contributed by atoms with E-state index in [4.69, 9.17) is 0 Å². The van der Waals surface area contributed by atoms with Gasteiger partial charge in [-0.1, -0.05) is 12.1 Å². The molecular weight excluding hydrogens is 245 g/mol. The third-order valence-corrected chi connectivity index (χ3v) is 3.94. The van der Waals surface area contributed by atoms with Gasteiger partial charge in [-0.25, -0.2) is 9.18 Å². The number of urea groups is 1. The lowest BCUT2D eigenvalue weighted by atomic mass is 10.1. The highest BCUT2D eigenvalue weighted by Crippen LogP contribution is 2.20. The Morgan fingerprint density at radius 1 is 1.21 bits per heavy atom. The van der Waals surface area contributed by atoms with E-state index in [9.17, 15) is 9.18 Å². The number of carbonyl (C=O) groups is 1. The maximum atomic E-state index is 12.9. The molecule has 0 radical (unpaired) electrons. The Bertz CT molecular complexity index is 476. The number of carbonyl (C=O) groups excluding carboxylic acids is 1. The van der Waals surface area contributed by atoms with Gasteiger partial charge in [0.2, 0.25) is 0 Å². The number of likely N-dealkylation sites (N-methyl/N-ethyl adjacent to an activating group) is 1. The standard InChI is InChI=1S/C14H18FN3O/c1-16-9-13-10-17(6-7-18(13)14(16)19)8-11-2-4-12(15)5-3-11/h2-5,13H,6-10H2,1H3/t13-/m0/s1. The molecule has 2 aliphatic heterocycles. The van der Waals surface area contributed by atoms with Gasteiger partial charge in [0.25, 0.3) is 0 Å². The normalized spacial score (nSPS) is 23.9. The van der Waals surface area contributed by atoms with Crippen LogP contribution in [-0.4, -0.2) is 60.0 Å². The van der Waals surface area contributed by atoms with Gasteiger partial charge in [-0.2, -0.15) is 0 Å². The molecule has 0 aliphatic carbocycles. The van der Waals surface area contributed by atoms with Gasteiger partial charge in [0, 0.05) is 39.8 Å². The molecule has 2 fully saturated rings. The quantitative estimate of drug-likeness (QED) is 0.806. The zero-order valence-corrected chi connectivity index (χ0v) is 11.1. The largest absolute Gasteiger partial charge is 0.326 e. The fourth-order valence-corrected chi connectivity index (χ4v) is 2.93. The molecule has 1 aromatic rings. The van der Waals surface area contributed by atoms with Crippen molar-refractivity contribution in [3.8, 4) is 0 Å². The Morgan fingerprint density at radius 2 is 1.95 bits per heavy atom. The first kappa shape index (κ1) is 12.4. The zero-order valence-electron chi connectivity index (χ0n) is 11.1. The van der Waals surface area contributed by atoms with Crippen LogP contribution in [0.3, 0.4) is 0 Å². The van der Waals surface area contributed by atoms with Gasteiger partial charge in [-0.3, -0.25) is 4.90 Å². The minimum atomic E-state index is -0.198. The molecule has 3 rings (SSSR count). The molecule has 0 N–H and O–H groups in total. The number of hydrogen-bond donors (Lipinski definition) is 0. The van der Waals surface area contributed by atoms with Crippen LogP contribution in [0.5, 0.6) is 0 Å². The maximum absolute atomic E-state index is 12.9. The number of piperazine rings is 1. The first-order valence-electron chi connectivity index (χ1n) is 6.62. The fraction of sp³-hybridized carbons (Fsp3) is 0.500. The molecule has 1 aromatic carbocycles. The molecule has 2 saturated heterocycles. The summed E-state index contributed by atoms with van der Waals surface area (Å²) in [5.74, 6) is -0.198. The minimum Gasteiger partial charge on any atom is -0.326 e. The Hall–Kier alpha value is -1.62. The summed E-state index contributed by atoms with van der Waals surface area (Å²) in [5.41, 5.74) is 1.12. The van der Waals surface area contributed by atoms with Crippen molar-refractivity contribution in [1.82, 2.24) is 14.7 Å². The van der Waals surface area contributed by atoms with Crippen LogP contribution in [0.25, 0.3) is 0 Å². The molecule has 0 unspecified atom stereocenters. The number of amides is 2. The second-order valence-electron chi connectivity index (χ2n) is 5.37. The van der Waals surface area contributed by atoms with E-state index < -0.39 is 0 Å². The Morgan fingerprint density at radius 3 is 2.68 bits per heavy atom. The third-order valence-electron chi connectivity index (χ3n) is 3.94. The lowest BCUT2D eigenvalue weighted by Crippen LogP contribution is -2.51. The highest BCUT2D eigenvalue weighted by atomic mass is 19.1. The number of rotatable bonds is 2. The molecule has 2 heterocycles. The van der Waals surface area contributed by atoms with E-state index >= 15 is 0 Å². The van der Waals surface area contributed by atoms with Crippen LogP contribution < -0.4 is 0 Å². The summed E-state index contributed by atoms with van der Waals surface area (Å²) < 4.78 is 12.9. The summed E-state index contributed by atoms with van der Waals surface area (Å²) in [5, 5.41) is 0. The summed E-state index contributed by atoms with van der Waals surface area (Å²) in [7, 11) is 1.85. The van der Waals surface area contributed by atoms with Gasteiger partial charge in [0.05, 0.1) is 6.04 Å². The summed E-state index contributed by atoms with van der Waals surface area (Å²) in [6.07, 6.45) is 0. The van der Waals surface area contributed by atoms with E-state index in [0.29, 0.717) is 6.04 Å². The SMILES string of the molecule is CN1C[C@H]2CN(Cc3ccc(F)cc3)CCN2C1=O. The molecule has 0 bridgehead atoms. The Labute approximate surface area is 112 Å². The van der Waals surface area contributed by atoms with Crippen LogP contribution in [0, 0.1) is 5.82 Å². The fourth-order valence-electron chi connectivity index (χ4n) is 2.93. The predicted molar refractivity (Wildman–Crippen MR) is 70.2 cm³/mol. The van der Waals surface area contributed by atoms with Gasteiger partial charge in [-0.15, -0.1) is 0 Å². The van der Waals surface area contributed by atoms with Crippen molar-refractivity contribution in [3.63, 3.8) is 0 Å². The molecule has 2 aliphatic rings. The van der Waals surface area contributed by atoms with Crippen molar-refractivity contribution in [2.75, 3.05) is 33.2 Å². The Balaban J connectivity index is 1.63. The first-order chi connectivity index (χ1) is 9.13. The first-order valence-corrected chi connectivity index (χ1v) is 6.62. The van der Waals surface area contributed by atoms with Crippen molar-refractivity contribution in [2.45, 2.75) is 12.6 Å². The lowest BCUT2D eigenvalue weighted by Gasteiger charge is -2.36. The maximum Gasteiger partial charge on any atom is 0.320 e. The molecule has 5 heteroatoms. The van der Waals surface area contributed by atoms with Crippen molar-refractivity contribution in [1.29, 1.82) is 0 Å². The molecule has 0 aromatic heterocycles. The molecule has 0 saturated carbocycles. The van der Waals surface area contributed by atoms with Gasteiger partial charge in [0.1, 0.15) is 5.82 Å². The Kier molecular flexibility index (Phi) is 3.14. The van der Waals surface area contributed by atoms with E-state index in [2.05, 4.69) is 4.90 Å². The minimum absolute atomic E-state index is 0.145. The van der Waals surface area contributed by atoms with Crippen LogP contribution in [0.2, 0.25) is 0 Å². The van der Waals surface area contributed by atoms with Crippen LogP contribution in [-0.2, 0) is 6.54 Å². The average molecular weight is 263 g/mol. The van der Waals surface area contributed by atoms with E-state index in [1.807, 2.05) is 24.1 Å². The van der Waals surface area contributed by atoms with Crippen molar-refractivity contribution < 1.29 is 9.18 Å². The van der Waals surface area contributed by atoms with Gasteiger partial charge in [0.15, 0.2) is 0 Å². The van der Waals surface area contributed by atoms with E-state index in [1.54, 1.807) is 4.90 Å². The van der Waals surface area contributed by atoms with Gasteiger partial charge in [-0.05, 0) is 17.7 Å². The number of halogens is 1. The lowest BCUT2D eigenvalue weighted by molar-refractivity contribution is 0.116. The van der Waals surface area contributed by atoms with E-state index in [1.165, 1.54) is 12.1 Å². The van der Waals surface area contributed by atoms with Crippen LogP contribution in [0.4, 0.5) is 9.18 Å². The van der Waals surface area contributed by atoms with Crippen LogP contribution in [0.15, 0.2) is 24.3 Å². The van der Waals surface area contributed by atoms with Crippen LogP contribution in [0.1, 0.15) is 5.56 Å². The van der Waals surface area contributed by atoms with Crippen molar-refractivity contribution in [3.05, 3.63) is 35.6 Å². The molecule has 2 amide bonds. The average Bonchev–Trinajstić information content (AvgIpc) is 2.68. The molecular formula is C14H18FN3O. The summed E-state index contributed by atoms with van der Waals surface area (Å²) in [6.45, 7) is 4.19. The molecule has 0 spiro atoms. The number of nitrogens with zero attached hydrogens (tertiary/aromatic N) is 3. The number of benzene rings is 1. The number of hydrogen-bond acceptors (Lipinski definition) is 2. The third kappa shape index (κ3) is 2.42. The number of fused-ring (bicyclic) bond motifs is 1. The molecule has 102 valence electrons. The second kappa shape index (κ2) is 4.81. The predicted octanol–water partition coefficient (Wildman–Crippen LogP) is 1.38. The van der Waals surface area contributed by atoms with Crippen molar-refractivity contribution in [2.24, 2.45) is 0 Å². The smallest absolute Gasteiger partial charge is 0.320 e. The molecule has 4 nitrogen and oxygen atoms in total. The monoisotopic (exact) mass is 263 g/mol. The summed E-state index contributed by atoms with van der Waals surface area (Å²) in [6, 6.07) is 7.09. The van der Waals surface area contributed by atoms with E-state index in [0.717, 1.165) is 38.3 Å².